The predicted molar refractivity (Wildman–Crippen MR) is 30.0 cm³/mol. The van der Waals surface area contributed by atoms with Gasteiger partial charge in [0.25, 0.3) is 0 Å². The molecule has 0 aromatic heterocycles. The van der Waals surface area contributed by atoms with Crippen molar-refractivity contribution in [2.24, 2.45) is 5.73 Å². The fourth-order valence-electron chi connectivity index (χ4n) is 1.11. The number of nitrogens with two attached hydrogens (primary N) is 1. The third kappa shape index (κ3) is 1.41. The average Bonchev–Trinajstić information content (AvgIpc) is 2.11. The van der Waals surface area contributed by atoms with Crippen LogP contribution in [0.15, 0.2) is 0 Å². The van der Waals surface area contributed by atoms with E-state index in [0.717, 1.165) is 0 Å². The first-order valence-electron chi connectivity index (χ1n) is 3.11. The van der Waals surface area contributed by atoms with Gasteiger partial charge in [0.15, 0.2) is 0 Å². The van der Waals surface area contributed by atoms with Crippen molar-refractivity contribution in [1.29, 1.82) is 0 Å². The van der Waals surface area contributed by atoms with Crippen LogP contribution in [0.25, 0.3) is 0 Å². The van der Waals surface area contributed by atoms with E-state index in [9.17, 15) is 13.2 Å². The molecule has 2 N–H and O–H groups in total. The van der Waals surface area contributed by atoms with Gasteiger partial charge in [-0.3, -0.25) is 0 Å². The predicted octanol–water partition coefficient (Wildman–Crippen LogP) is 0.887. The second-order valence-electron chi connectivity index (χ2n) is 2.37. The molecule has 0 aromatic rings. The van der Waals surface area contributed by atoms with Gasteiger partial charge in [-0.25, -0.2) is 0 Å². The fourth-order valence-corrected chi connectivity index (χ4v) is 1.11. The van der Waals surface area contributed by atoms with E-state index in [-0.39, 0.29) is 6.54 Å². The molecule has 0 aromatic carbocycles. The molecule has 0 radical (unpaired) electrons. The second-order valence-corrected chi connectivity index (χ2v) is 2.37. The van der Waals surface area contributed by atoms with Crippen LogP contribution in [0.2, 0.25) is 0 Å². The van der Waals surface area contributed by atoms with Gasteiger partial charge in [0, 0.05) is 6.54 Å². The summed E-state index contributed by atoms with van der Waals surface area (Å²) < 4.78 is 35.6. The first kappa shape index (κ1) is 7.81. The van der Waals surface area contributed by atoms with Crippen molar-refractivity contribution in [1.82, 2.24) is 4.90 Å². The smallest absolute Gasteiger partial charge is 0.315 e. The molecule has 0 bridgehead atoms. The van der Waals surface area contributed by atoms with E-state index in [4.69, 9.17) is 5.73 Å². The molecule has 10 heavy (non-hydrogen) atoms. The molecule has 1 fully saturated rings. The highest BCUT2D eigenvalue weighted by molar-refractivity contribution is 4.75. The molecule has 1 saturated heterocycles. The molecule has 60 valence electrons. The number of alkyl halides is 3. The molecule has 0 saturated carbocycles. The van der Waals surface area contributed by atoms with Gasteiger partial charge in [0.1, 0.15) is 0 Å². The molecule has 2 nitrogen and oxygen atoms in total. The van der Waals surface area contributed by atoms with Crippen molar-refractivity contribution in [3.05, 3.63) is 0 Å². The SMILES string of the molecule is NC1CCCN1C(F)(F)F. The normalized spacial score (nSPS) is 29.4. The summed E-state index contributed by atoms with van der Waals surface area (Å²) in [6, 6.07) is 0. The standard InChI is InChI=1S/C5H9F3N2/c6-5(7,8)10-3-1-2-4(10)9/h4H,1-3,9H2. The third-order valence-electron chi connectivity index (χ3n) is 1.62. The monoisotopic (exact) mass is 154 g/mol. The molecule has 1 heterocycles. The van der Waals surface area contributed by atoms with E-state index >= 15 is 0 Å². The molecule has 0 aliphatic carbocycles. The number of nitrogens with zero attached hydrogens (tertiary/aromatic N) is 1. The molecule has 0 spiro atoms. The summed E-state index contributed by atoms with van der Waals surface area (Å²) in [5.41, 5.74) is 5.17. The number of halogens is 3. The molecular weight excluding hydrogens is 145 g/mol. The van der Waals surface area contributed by atoms with E-state index in [1.54, 1.807) is 0 Å². The van der Waals surface area contributed by atoms with Gasteiger partial charge in [0.2, 0.25) is 0 Å². The lowest BCUT2D eigenvalue weighted by molar-refractivity contribution is -0.249. The van der Waals surface area contributed by atoms with E-state index in [0.29, 0.717) is 17.7 Å². The molecule has 1 rings (SSSR count). The van der Waals surface area contributed by atoms with E-state index in [2.05, 4.69) is 0 Å². The average molecular weight is 154 g/mol. The number of hydrogen-bond donors (Lipinski definition) is 1. The highest BCUT2D eigenvalue weighted by atomic mass is 19.4. The van der Waals surface area contributed by atoms with Gasteiger partial charge >= 0.3 is 6.30 Å². The van der Waals surface area contributed by atoms with E-state index in [1.165, 1.54) is 0 Å². The van der Waals surface area contributed by atoms with Crippen LogP contribution in [0.5, 0.6) is 0 Å². The summed E-state index contributed by atoms with van der Waals surface area (Å²) in [4.78, 5) is 0.368. The molecule has 1 unspecified atom stereocenters. The highest BCUT2D eigenvalue weighted by Crippen LogP contribution is 2.27. The van der Waals surface area contributed by atoms with E-state index in [1.807, 2.05) is 0 Å². The molecular formula is C5H9F3N2. The summed E-state index contributed by atoms with van der Waals surface area (Å²) in [6.07, 6.45) is -4.07. The van der Waals surface area contributed by atoms with Crippen molar-refractivity contribution >= 4 is 0 Å². The lowest BCUT2D eigenvalue weighted by atomic mass is 10.3. The van der Waals surface area contributed by atoms with E-state index < -0.39 is 12.5 Å². The molecule has 1 aliphatic heterocycles. The lowest BCUT2D eigenvalue weighted by Gasteiger charge is -2.22. The van der Waals surface area contributed by atoms with Crippen molar-refractivity contribution in [3.63, 3.8) is 0 Å². The van der Waals surface area contributed by atoms with Gasteiger partial charge in [-0.15, -0.1) is 0 Å². The van der Waals surface area contributed by atoms with Crippen LogP contribution in [0.4, 0.5) is 13.2 Å². The first-order valence-corrected chi connectivity index (χ1v) is 3.11. The Balaban J connectivity index is 2.55. The Hall–Kier alpha value is -0.290. The summed E-state index contributed by atoms with van der Waals surface area (Å²) in [5.74, 6) is 0. The highest BCUT2D eigenvalue weighted by Gasteiger charge is 2.42. The van der Waals surface area contributed by atoms with Crippen LogP contribution in [0, 0.1) is 0 Å². The molecule has 0 amide bonds. The largest absolute Gasteiger partial charge is 0.461 e. The third-order valence-corrected chi connectivity index (χ3v) is 1.62. The Morgan fingerprint density at radius 2 is 2.00 bits per heavy atom. The minimum Gasteiger partial charge on any atom is -0.315 e. The maximum Gasteiger partial charge on any atom is 0.461 e. The van der Waals surface area contributed by atoms with Crippen molar-refractivity contribution in [3.8, 4) is 0 Å². The Morgan fingerprint density at radius 3 is 2.20 bits per heavy atom. The van der Waals surface area contributed by atoms with Crippen molar-refractivity contribution in [2.45, 2.75) is 25.3 Å². The van der Waals surface area contributed by atoms with Crippen LogP contribution < -0.4 is 5.73 Å². The lowest BCUT2D eigenvalue weighted by Crippen LogP contribution is -2.45. The van der Waals surface area contributed by atoms with Crippen LogP contribution in [0.1, 0.15) is 12.8 Å². The molecule has 5 heteroatoms. The Labute approximate surface area is 56.8 Å². The summed E-state index contributed by atoms with van der Waals surface area (Å²) in [7, 11) is 0. The quantitative estimate of drug-likeness (QED) is 0.525. The summed E-state index contributed by atoms with van der Waals surface area (Å²) in [5, 5.41) is 0. The van der Waals surface area contributed by atoms with Crippen LogP contribution in [0.3, 0.4) is 0 Å². The van der Waals surface area contributed by atoms with Gasteiger partial charge in [-0.1, -0.05) is 0 Å². The van der Waals surface area contributed by atoms with Gasteiger partial charge in [-0.2, -0.15) is 18.1 Å². The van der Waals surface area contributed by atoms with Crippen molar-refractivity contribution < 1.29 is 13.2 Å². The molecule has 1 aliphatic rings. The topological polar surface area (TPSA) is 29.3 Å². The van der Waals surface area contributed by atoms with Crippen molar-refractivity contribution in [2.75, 3.05) is 6.54 Å². The van der Waals surface area contributed by atoms with Crippen LogP contribution in [-0.2, 0) is 0 Å². The maximum atomic E-state index is 11.9. The minimum atomic E-state index is -4.24. The Kier molecular flexibility index (Phi) is 1.87. The van der Waals surface area contributed by atoms with Gasteiger partial charge in [0.05, 0.1) is 6.17 Å². The first-order chi connectivity index (χ1) is 4.52. The number of likely N-dealkylation sites (tertiary alicyclic amines) is 1. The van der Waals surface area contributed by atoms with Crippen LogP contribution >= 0.6 is 0 Å². The second kappa shape index (κ2) is 2.39. The summed E-state index contributed by atoms with van der Waals surface area (Å²) in [6.45, 7) is 0.0463. The minimum absolute atomic E-state index is 0.0463. The maximum absolute atomic E-state index is 11.9. The Morgan fingerprint density at radius 1 is 1.40 bits per heavy atom. The summed E-state index contributed by atoms with van der Waals surface area (Å²) >= 11 is 0. The fraction of sp³-hybridized carbons (Fsp3) is 1.00. The zero-order valence-corrected chi connectivity index (χ0v) is 5.36. The number of rotatable bonds is 0. The number of hydrogen-bond acceptors (Lipinski definition) is 2. The zero-order valence-electron chi connectivity index (χ0n) is 5.36. The van der Waals surface area contributed by atoms with Gasteiger partial charge in [-0.05, 0) is 12.8 Å². The van der Waals surface area contributed by atoms with Gasteiger partial charge < -0.3 is 5.73 Å². The molecule has 1 atom stereocenters. The zero-order chi connectivity index (χ0) is 7.78. The van der Waals surface area contributed by atoms with Crippen LogP contribution in [-0.4, -0.2) is 23.9 Å². The Bertz CT molecular complexity index is 123.